The molecular weight excluding hydrogens is 238 g/mol. The Morgan fingerprint density at radius 3 is 3.19 bits per heavy atom. The molecule has 3 nitrogen and oxygen atoms in total. The summed E-state index contributed by atoms with van der Waals surface area (Å²) in [5, 5.41) is 12.7. The maximum absolute atomic E-state index is 8.73. The Morgan fingerprint density at radius 2 is 2.44 bits per heavy atom. The average Bonchev–Trinajstić information content (AvgIpc) is 2.38. The maximum Gasteiger partial charge on any atom is 0.142 e. The van der Waals surface area contributed by atoms with E-state index in [1.807, 2.05) is 41.7 Å². The molecule has 2 heterocycles. The fourth-order valence-electron chi connectivity index (χ4n) is 1.47. The van der Waals surface area contributed by atoms with Gasteiger partial charge in [-0.15, -0.1) is 0 Å². The lowest BCUT2D eigenvalue weighted by molar-refractivity contribution is 0.991. The molecule has 1 fully saturated rings. The number of rotatable bonds is 3. The molecule has 1 aromatic rings. The second-order valence-electron chi connectivity index (χ2n) is 3.47. The first-order valence-electron chi connectivity index (χ1n) is 5.19. The van der Waals surface area contributed by atoms with Crippen LogP contribution < -0.4 is 5.32 Å². The summed E-state index contributed by atoms with van der Waals surface area (Å²) in [5.41, 5.74) is 0.468. The third-order valence-corrected chi connectivity index (χ3v) is 5.10. The molecule has 2 rings (SSSR count). The molecule has 84 valence electrons. The van der Waals surface area contributed by atoms with Crippen molar-refractivity contribution in [3.05, 3.63) is 23.9 Å². The van der Waals surface area contributed by atoms with E-state index in [-0.39, 0.29) is 0 Å². The van der Waals surface area contributed by atoms with Crippen LogP contribution in [-0.2, 0) is 0 Å². The minimum absolute atomic E-state index is 0.468. The van der Waals surface area contributed by atoms with Gasteiger partial charge in [-0.3, -0.25) is 0 Å². The molecular formula is C11H13N3S2. The van der Waals surface area contributed by atoms with Crippen molar-refractivity contribution in [3.8, 4) is 6.07 Å². The molecule has 1 unspecified atom stereocenters. The standard InChI is InChI=1S/C11H13N3S2/c12-6-9-2-1-3-11(14-9)13-7-10-8-15-4-5-16-10/h1-3,10H,4-5,7-8H2,(H,13,14). The predicted molar refractivity (Wildman–Crippen MR) is 71.0 cm³/mol. The van der Waals surface area contributed by atoms with Gasteiger partial charge in [-0.2, -0.15) is 28.8 Å². The topological polar surface area (TPSA) is 48.7 Å². The zero-order valence-electron chi connectivity index (χ0n) is 8.85. The highest BCUT2D eigenvalue weighted by Gasteiger charge is 2.13. The van der Waals surface area contributed by atoms with E-state index in [9.17, 15) is 0 Å². The Bertz CT molecular complexity index is 383. The molecule has 0 saturated carbocycles. The zero-order chi connectivity index (χ0) is 11.2. The Balaban J connectivity index is 1.86. The van der Waals surface area contributed by atoms with Crippen molar-refractivity contribution in [1.29, 1.82) is 5.26 Å². The quantitative estimate of drug-likeness (QED) is 0.892. The van der Waals surface area contributed by atoms with E-state index in [4.69, 9.17) is 5.26 Å². The van der Waals surface area contributed by atoms with Gasteiger partial charge in [0, 0.05) is 29.1 Å². The summed E-state index contributed by atoms with van der Waals surface area (Å²) >= 11 is 4.03. The van der Waals surface area contributed by atoms with Crippen molar-refractivity contribution >= 4 is 29.3 Å². The first-order valence-corrected chi connectivity index (χ1v) is 7.39. The lowest BCUT2D eigenvalue weighted by Gasteiger charge is -2.21. The fourth-order valence-corrected chi connectivity index (χ4v) is 4.08. The molecule has 0 spiro atoms. The number of nitrogens with one attached hydrogen (secondary N) is 1. The van der Waals surface area contributed by atoms with Crippen LogP contribution in [0.1, 0.15) is 5.69 Å². The molecule has 16 heavy (non-hydrogen) atoms. The third kappa shape index (κ3) is 3.32. The number of anilines is 1. The van der Waals surface area contributed by atoms with E-state index in [0.29, 0.717) is 10.9 Å². The van der Waals surface area contributed by atoms with Gasteiger partial charge in [0.1, 0.15) is 17.6 Å². The molecule has 1 aliphatic heterocycles. The van der Waals surface area contributed by atoms with Gasteiger partial charge in [0.05, 0.1) is 0 Å². The number of nitriles is 1. The van der Waals surface area contributed by atoms with Crippen LogP contribution in [0.4, 0.5) is 5.82 Å². The molecule has 1 aliphatic rings. The van der Waals surface area contributed by atoms with Gasteiger partial charge in [0.2, 0.25) is 0 Å². The maximum atomic E-state index is 8.73. The molecule has 1 aromatic heterocycles. The van der Waals surface area contributed by atoms with Gasteiger partial charge in [-0.1, -0.05) is 6.07 Å². The van der Waals surface area contributed by atoms with Crippen LogP contribution in [-0.4, -0.2) is 34.0 Å². The minimum Gasteiger partial charge on any atom is -0.369 e. The Morgan fingerprint density at radius 1 is 1.50 bits per heavy atom. The molecule has 0 aliphatic carbocycles. The van der Waals surface area contributed by atoms with E-state index in [2.05, 4.69) is 10.3 Å². The highest BCUT2D eigenvalue weighted by Crippen LogP contribution is 2.24. The predicted octanol–water partition coefficient (Wildman–Crippen LogP) is 2.21. The molecule has 1 atom stereocenters. The summed E-state index contributed by atoms with van der Waals surface area (Å²) in [5.74, 6) is 4.51. The molecule has 1 saturated heterocycles. The van der Waals surface area contributed by atoms with Crippen LogP contribution in [0.25, 0.3) is 0 Å². The van der Waals surface area contributed by atoms with Gasteiger partial charge in [-0.05, 0) is 12.1 Å². The van der Waals surface area contributed by atoms with Crippen LogP contribution >= 0.6 is 23.5 Å². The molecule has 0 radical (unpaired) electrons. The monoisotopic (exact) mass is 251 g/mol. The summed E-state index contributed by atoms with van der Waals surface area (Å²) in [7, 11) is 0. The lowest BCUT2D eigenvalue weighted by atomic mass is 10.3. The van der Waals surface area contributed by atoms with Crippen LogP contribution in [0.2, 0.25) is 0 Å². The SMILES string of the molecule is N#Cc1cccc(NCC2CSCCS2)n1. The summed E-state index contributed by atoms with van der Waals surface area (Å²) in [6.07, 6.45) is 0. The van der Waals surface area contributed by atoms with Gasteiger partial charge in [-0.25, -0.2) is 4.98 Å². The third-order valence-electron chi connectivity index (χ3n) is 2.26. The Labute approximate surface area is 104 Å². The molecule has 1 N–H and O–H groups in total. The zero-order valence-corrected chi connectivity index (χ0v) is 10.5. The number of nitrogens with zero attached hydrogens (tertiary/aromatic N) is 2. The van der Waals surface area contributed by atoms with Crippen molar-refractivity contribution in [2.45, 2.75) is 5.25 Å². The van der Waals surface area contributed by atoms with Crippen LogP contribution in [0, 0.1) is 11.3 Å². The van der Waals surface area contributed by atoms with E-state index in [1.54, 1.807) is 6.07 Å². The van der Waals surface area contributed by atoms with Gasteiger partial charge in [0.25, 0.3) is 0 Å². The van der Waals surface area contributed by atoms with Crippen LogP contribution in [0.3, 0.4) is 0 Å². The van der Waals surface area contributed by atoms with E-state index >= 15 is 0 Å². The lowest BCUT2D eigenvalue weighted by Crippen LogP contribution is -2.23. The Hall–Kier alpha value is -0.860. The van der Waals surface area contributed by atoms with E-state index in [1.165, 1.54) is 17.3 Å². The molecule has 0 amide bonds. The van der Waals surface area contributed by atoms with Gasteiger partial charge >= 0.3 is 0 Å². The summed E-state index contributed by atoms with van der Waals surface area (Å²) < 4.78 is 0. The molecule has 0 aromatic carbocycles. The number of hydrogen-bond acceptors (Lipinski definition) is 5. The number of hydrogen-bond donors (Lipinski definition) is 1. The Kier molecular flexibility index (Phi) is 4.37. The number of aromatic nitrogens is 1. The molecule has 5 heteroatoms. The van der Waals surface area contributed by atoms with Gasteiger partial charge < -0.3 is 5.32 Å². The first-order chi connectivity index (χ1) is 7.88. The normalized spacial score (nSPS) is 20.1. The molecule has 0 bridgehead atoms. The minimum atomic E-state index is 0.468. The fraction of sp³-hybridized carbons (Fsp3) is 0.455. The van der Waals surface area contributed by atoms with Crippen molar-refractivity contribution < 1.29 is 0 Å². The van der Waals surface area contributed by atoms with Gasteiger partial charge in [0.15, 0.2) is 0 Å². The van der Waals surface area contributed by atoms with Crippen molar-refractivity contribution in [1.82, 2.24) is 4.98 Å². The number of pyridine rings is 1. The van der Waals surface area contributed by atoms with E-state index in [0.717, 1.165) is 12.4 Å². The van der Waals surface area contributed by atoms with Crippen molar-refractivity contribution in [2.75, 3.05) is 29.1 Å². The van der Waals surface area contributed by atoms with Crippen molar-refractivity contribution in [2.24, 2.45) is 0 Å². The first kappa shape index (κ1) is 11.6. The summed E-state index contributed by atoms with van der Waals surface area (Å²) in [6, 6.07) is 7.53. The smallest absolute Gasteiger partial charge is 0.142 e. The average molecular weight is 251 g/mol. The van der Waals surface area contributed by atoms with Crippen molar-refractivity contribution in [3.63, 3.8) is 0 Å². The highest BCUT2D eigenvalue weighted by molar-refractivity contribution is 8.06. The van der Waals surface area contributed by atoms with Crippen LogP contribution in [0.5, 0.6) is 0 Å². The largest absolute Gasteiger partial charge is 0.369 e. The van der Waals surface area contributed by atoms with Crippen LogP contribution in [0.15, 0.2) is 18.2 Å². The second kappa shape index (κ2) is 6.02. The summed E-state index contributed by atoms with van der Waals surface area (Å²) in [4.78, 5) is 4.19. The summed E-state index contributed by atoms with van der Waals surface area (Å²) in [6.45, 7) is 0.930. The van der Waals surface area contributed by atoms with E-state index < -0.39 is 0 Å². The second-order valence-corrected chi connectivity index (χ2v) is 6.03. The highest BCUT2D eigenvalue weighted by atomic mass is 32.2. The number of thioether (sulfide) groups is 2.